The average Bonchev–Trinajstić information content (AvgIpc) is 2.20. The molecule has 1 amide bonds. The second-order valence-corrected chi connectivity index (χ2v) is 5.15. The third-order valence-corrected chi connectivity index (χ3v) is 3.26. The van der Waals surface area contributed by atoms with E-state index in [1.54, 1.807) is 19.9 Å². The van der Waals surface area contributed by atoms with Crippen LogP contribution in [0.25, 0.3) is 0 Å². The zero-order valence-corrected chi connectivity index (χ0v) is 11.4. The number of nitrogens with two attached hydrogens (primary N) is 1. The lowest BCUT2D eigenvalue weighted by molar-refractivity contribution is -0.121. The van der Waals surface area contributed by atoms with Gasteiger partial charge in [0.1, 0.15) is 0 Å². The Kier molecular flexibility index (Phi) is 4.48. The lowest BCUT2D eigenvalue weighted by Crippen LogP contribution is -2.52. The van der Waals surface area contributed by atoms with E-state index in [9.17, 15) is 4.79 Å². The molecule has 1 aromatic rings. The molecule has 0 aromatic heterocycles. The zero-order chi connectivity index (χ0) is 13.1. The Morgan fingerprint density at radius 2 is 2.06 bits per heavy atom. The van der Waals surface area contributed by atoms with Crippen LogP contribution in [-0.2, 0) is 11.2 Å². The van der Waals surface area contributed by atoms with Crippen LogP contribution in [0.5, 0.6) is 0 Å². The van der Waals surface area contributed by atoms with Crippen molar-refractivity contribution in [3.05, 3.63) is 34.9 Å². The van der Waals surface area contributed by atoms with E-state index in [2.05, 4.69) is 5.32 Å². The lowest BCUT2D eigenvalue weighted by Gasteiger charge is -2.24. The summed E-state index contributed by atoms with van der Waals surface area (Å²) in [7, 11) is 0. The molecule has 1 rings (SSSR count). The first-order chi connectivity index (χ1) is 7.83. The summed E-state index contributed by atoms with van der Waals surface area (Å²) in [6, 6.07) is 7.23. The van der Waals surface area contributed by atoms with E-state index in [0.717, 1.165) is 5.56 Å². The Morgan fingerprint density at radius 1 is 1.47 bits per heavy atom. The summed E-state index contributed by atoms with van der Waals surface area (Å²) >= 11 is 10.8. The van der Waals surface area contributed by atoms with Crippen molar-refractivity contribution in [1.82, 2.24) is 5.32 Å². The van der Waals surface area contributed by atoms with Crippen LogP contribution in [0.4, 0.5) is 0 Å². The van der Waals surface area contributed by atoms with Gasteiger partial charge in [0.2, 0.25) is 5.91 Å². The number of carbonyl (C=O) groups is 1. The van der Waals surface area contributed by atoms with Gasteiger partial charge in [-0.2, -0.15) is 0 Å². The number of rotatable bonds is 4. The number of halogens is 1. The van der Waals surface area contributed by atoms with Crippen LogP contribution in [0.3, 0.4) is 0 Å². The number of benzene rings is 1. The van der Waals surface area contributed by atoms with Crippen LogP contribution in [0.15, 0.2) is 24.3 Å². The summed E-state index contributed by atoms with van der Waals surface area (Å²) in [5, 5.41) is 3.35. The minimum absolute atomic E-state index is 0.157. The van der Waals surface area contributed by atoms with E-state index >= 15 is 0 Å². The topological polar surface area (TPSA) is 55.1 Å². The molecule has 0 aliphatic carbocycles. The first-order valence-corrected chi connectivity index (χ1v) is 5.96. The minimum Gasteiger partial charge on any atom is -0.391 e. The number of hydrogen-bond acceptors (Lipinski definition) is 2. The van der Waals surface area contributed by atoms with Gasteiger partial charge in [-0.15, -0.1) is 0 Å². The van der Waals surface area contributed by atoms with Gasteiger partial charge in [-0.1, -0.05) is 42.0 Å². The van der Waals surface area contributed by atoms with Crippen molar-refractivity contribution in [3.8, 4) is 0 Å². The van der Waals surface area contributed by atoms with Crippen molar-refractivity contribution in [1.29, 1.82) is 0 Å². The number of hydrogen-bond donors (Lipinski definition) is 2. The normalized spacial score (nSPS) is 11.0. The third kappa shape index (κ3) is 3.98. The van der Waals surface area contributed by atoms with Crippen LogP contribution in [0.2, 0.25) is 5.02 Å². The predicted octanol–water partition coefficient (Wildman–Crippen LogP) is 2.06. The molecule has 0 heterocycles. The number of amides is 1. The van der Waals surface area contributed by atoms with Gasteiger partial charge in [0.15, 0.2) is 0 Å². The first-order valence-electron chi connectivity index (χ1n) is 5.17. The molecule has 0 unspecified atom stereocenters. The van der Waals surface area contributed by atoms with Gasteiger partial charge in [-0.25, -0.2) is 0 Å². The van der Waals surface area contributed by atoms with Gasteiger partial charge < -0.3 is 11.1 Å². The van der Waals surface area contributed by atoms with E-state index in [1.807, 2.05) is 18.2 Å². The smallest absolute Gasteiger partial charge is 0.225 e. The highest BCUT2D eigenvalue weighted by Gasteiger charge is 2.23. The molecule has 0 radical (unpaired) electrons. The van der Waals surface area contributed by atoms with Gasteiger partial charge in [0.05, 0.1) is 16.9 Å². The summed E-state index contributed by atoms with van der Waals surface area (Å²) in [4.78, 5) is 12.1. The number of carbonyl (C=O) groups excluding carboxylic acids is 1. The van der Waals surface area contributed by atoms with Gasteiger partial charge >= 0.3 is 0 Å². The largest absolute Gasteiger partial charge is 0.391 e. The van der Waals surface area contributed by atoms with Crippen molar-refractivity contribution >= 4 is 34.7 Å². The maximum atomic E-state index is 11.8. The molecule has 0 saturated carbocycles. The van der Waals surface area contributed by atoms with E-state index in [0.29, 0.717) is 5.02 Å². The average molecular weight is 271 g/mol. The van der Waals surface area contributed by atoms with Gasteiger partial charge in [0, 0.05) is 5.02 Å². The van der Waals surface area contributed by atoms with Crippen molar-refractivity contribution in [2.24, 2.45) is 5.73 Å². The van der Waals surface area contributed by atoms with E-state index in [-0.39, 0.29) is 17.3 Å². The van der Waals surface area contributed by atoms with E-state index < -0.39 is 5.54 Å². The minimum atomic E-state index is -0.687. The molecular weight excluding hydrogens is 256 g/mol. The Morgan fingerprint density at radius 3 is 2.59 bits per heavy atom. The summed E-state index contributed by atoms with van der Waals surface area (Å²) < 4.78 is 0. The second kappa shape index (κ2) is 5.47. The molecule has 0 atom stereocenters. The lowest BCUT2D eigenvalue weighted by atomic mass is 10.0. The van der Waals surface area contributed by atoms with Crippen LogP contribution >= 0.6 is 23.8 Å². The van der Waals surface area contributed by atoms with Gasteiger partial charge in [-0.05, 0) is 25.5 Å². The number of thiocarbonyl (C=S) groups is 1. The monoisotopic (exact) mass is 270 g/mol. The highest BCUT2D eigenvalue weighted by atomic mass is 35.5. The summed E-state index contributed by atoms with van der Waals surface area (Å²) in [5.74, 6) is -0.157. The highest BCUT2D eigenvalue weighted by Crippen LogP contribution is 2.15. The molecule has 0 saturated heterocycles. The molecule has 3 nitrogen and oxygen atoms in total. The molecule has 3 N–H and O–H groups in total. The summed E-state index contributed by atoms with van der Waals surface area (Å²) in [5.41, 5.74) is 5.63. The second-order valence-electron chi connectivity index (χ2n) is 4.31. The quantitative estimate of drug-likeness (QED) is 0.824. The predicted molar refractivity (Wildman–Crippen MR) is 74.2 cm³/mol. The molecule has 0 spiro atoms. The highest BCUT2D eigenvalue weighted by molar-refractivity contribution is 7.80. The SMILES string of the molecule is CC(C)(NC(=O)Cc1ccccc1Cl)C(N)=S. The molecule has 1 aromatic carbocycles. The Balaban J connectivity index is 2.69. The van der Waals surface area contributed by atoms with Crippen molar-refractivity contribution in [2.45, 2.75) is 25.8 Å². The Bertz CT molecular complexity index is 446. The molecule has 5 heteroatoms. The van der Waals surface area contributed by atoms with Crippen molar-refractivity contribution in [2.75, 3.05) is 0 Å². The fourth-order valence-electron chi connectivity index (χ4n) is 1.27. The summed E-state index contributed by atoms with van der Waals surface area (Å²) in [6.07, 6.45) is 0.214. The maximum Gasteiger partial charge on any atom is 0.225 e. The Labute approximate surface area is 111 Å². The molecule has 92 valence electrons. The van der Waals surface area contributed by atoms with E-state index in [4.69, 9.17) is 29.6 Å². The third-order valence-electron chi connectivity index (χ3n) is 2.38. The Hall–Kier alpha value is -1.13. The van der Waals surface area contributed by atoms with Crippen LogP contribution in [0, 0.1) is 0 Å². The molecule has 17 heavy (non-hydrogen) atoms. The molecule has 0 aliphatic rings. The first kappa shape index (κ1) is 13.9. The number of nitrogens with one attached hydrogen (secondary N) is 1. The van der Waals surface area contributed by atoms with Crippen molar-refractivity contribution < 1.29 is 4.79 Å². The molecule has 0 bridgehead atoms. The molecule has 0 aliphatic heterocycles. The standard InChI is InChI=1S/C12H15ClN2OS/c1-12(2,11(14)17)15-10(16)7-8-5-3-4-6-9(8)13/h3-6H,7H2,1-2H3,(H2,14,17)(H,15,16). The van der Waals surface area contributed by atoms with Crippen LogP contribution in [0.1, 0.15) is 19.4 Å². The van der Waals surface area contributed by atoms with Crippen LogP contribution < -0.4 is 11.1 Å². The maximum absolute atomic E-state index is 11.8. The molecular formula is C12H15ClN2OS. The summed E-state index contributed by atoms with van der Waals surface area (Å²) in [6.45, 7) is 3.53. The van der Waals surface area contributed by atoms with Crippen molar-refractivity contribution in [3.63, 3.8) is 0 Å². The zero-order valence-electron chi connectivity index (χ0n) is 9.79. The molecule has 0 fully saturated rings. The van der Waals surface area contributed by atoms with Gasteiger partial charge in [0.25, 0.3) is 0 Å². The van der Waals surface area contributed by atoms with E-state index in [1.165, 1.54) is 0 Å². The fourth-order valence-corrected chi connectivity index (χ4v) is 1.52. The fraction of sp³-hybridized carbons (Fsp3) is 0.333. The van der Waals surface area contributed by atoms with Gasteiger partial charge in [-0.3, -0.25) is 4.79 Å². The van der Waals surface area contributed by atoms with Crippen LogP contribution in [-0.4, -0.2) is 16.4 Å².